The Morgan fingerprint density at radius 1 is 1.33 bits per heavy atom. The number of aromatic nitrogens is 2. The molecule has 2 aromatic rings. The van der Waals surface area contributed by atoms with Gasteiger partial charge in [0.15, 0.2) is 0 Å². The second-order valence-electron chi connectivity index (χ2n) is 3.39. The van der Waals surface area contributed by atoms with Crippen molar-refractivity contribution < 1.29 is 0 Å². The fourth-order valence-electron chi connectivity index (χ4n) is 1.54. The van der Waals surface area contributed by atoms with Gasteiger partial charge in [0.1, 0.15) is 0 Å². The van der Waals surface area contributed by atoms with Crippen molar-refractivity contribution in [3.8, 4) is 11.3 Å². The van der Waals surface area contributed by atoms with Gasteiger partial charge in [0.25, 0.3) is 0 Å². The van der Waals surface area contributed by atoms with Crippen LogP contribution in [0.15, 0.2) is 34.9 Å². The lowest BCUT2D eigenvalue weighted by Gasteiger charge is -1.99. The van der Waals surface area contributed by atoms with Crippen LogP contribution in [0.5, 0.6) is 0 Å². The third-order valence-electron chi connectivity index (χ3n) is 2.24. The molecule has 0 aliphatic rings. The molecule has 3 nitrogen and oxygen atoms in total. The van der Waals surface area contributed by atoms with Crippen molar-refractivity contribution in [3.63, 3.8) is 0 Å². The highest BCUT2D eigenvalue weighted by molar-refractivity contribution is 9.10. The molecule has 4 heteroatoms. The molecule has 2 rings (SSSR count). The van der Waals surface area contributed by atoms with Gasteiger partial charge in [-0.25, -0.2) is 0 Å². The van der Waals surface area contributed by atoms with E-state index in [4.69, 9.17) is 5.73 Å². The molecule has 1 aromatic carbocycles. The SMILES string of the molecule is Cn1cc(CN)c(-c2ccc(Br)cc2)n1. The molecule has 1 heterocycles. The minimum absolute atomic E-state index is 0.513. The summed E-state index contributed by atoms with van der Waals surface area (Å²) in [4.78, 5) is 0. The van der Waals surface area contributed by atoms with Gasteiger partial charge < -0.3 is 5.73 Å². The van der Waals surface area contributed by atoms with Gasteiger partial charge in [0.2, 0.25) is 0 Å². The van der Waals surface area contributed by atoms with Crippen molar-refractivity contribution in [2.24, 2.45) is 12.8 Å². The van der Waals surface area contributed by atoms with E-state index in [0.29, 0.717) is 6.54 Å². The van der Waals surface area contributed by atoms with E-state index in [-0.39, 0.29) is 0 Å². The lowest BCUT2D eigenvalue weighted by Crippen LogP contribution is -1.96. The van der Waals surface area contributed by atoms with Crippen LogP contribution in [0.2, 0.25) is 0 Å². The van der Waals surface area contributed by atoms with Crippen LogP contribution in [0, 0.1) is 0 Å². The van der Waals surface area contributed by atoms with Gasteiger partial charge in [-0.2, -0.15) is 5.10 Å². The third kappa shape index (κ3) is 2.11. The quantitative estimate of drug-likeness (QED) is 0.906. The van der Waals surface area contributed by atoms with E-state index in [1.807, 2.05) is 37.5 Å². The van der Waals surface area contributed by atoms with Gasteiger partial charge in [-0.05, 0) is 12.1 Å². The highest BCUT2D eigenvalue weighted by atomic mass is 79.9. The summed E-state index contributed by atoms with van der Waals surface area (Å²) >= 11 is 3.41. The number of rotatable bonds is 2. The smallest absolute Gasteiger partial charge is 0.0967 e. The number of hydrogen-bond donors (Lipinski definition) is 1. The molecule has 0 saturated heterocycles. The second kappa shape index (κ2) is 4.16. The Kier molecular flexibility index (Phi) is 2.88. The average molecular weight is 266 g/mol. The molecule has 0 unspecified atom stereocenters. The summed E-state index contributed by atoms with van der Waals surface area (Å²) in [7, 11) is 1.90. The molecule has 0 atom stereocenters. The lowest BCUT2D eigenvalue weighted by atomic mass is 10.1. The van der Waals surface area contributed by atoms with Crippen molar-refractivity contribution in [1.82, 2.24) is 9.78 Å². The van der Waals surface area contributed by atoms with Crippen LogP contribution in [-0.2, 0) is 13.6 Å². The van der Waals surface area contributed by atoms with E-state index in [0.717, 1.165) is 21.3 Å². The van der Waals surface area contributed by atoms with Crippen molar-refractivity contribution in [2.45, 2.75) is 6.54 Å². The Morgan fingerprint density at radius 3 is 2.60 bits per heavy atom. The van der Waals surface area contributed by atoms with Crippen LogP contribution in [-0.4, -0.2) is 9.78 Å². The minimum atomic E-state index is 0.513. The van der Waals surface area contributed by atoms with Crippen LogP contribution < -0.4 is 5.73 Å². The number of aryl methyl sites for hydroxylation is 1. The molecule has 1 aromatic heterocycles. The van der Waals surface area contributed by atoms with Gasteiger partial charge in [-0.1, -0.05) is 28.1 Å². The Bertz CT molecular complexity index is 459. The van der Waals surface area contributed by atoms with E-state index in [1.165, 1.54) is 0 Å². The van der Waals surface area contributed by atoms with Gasteiger partial charge in [-0.15, -0.1) is 0 Å². The first-order valence-corrected chi connectivity index (χ1v) is 5.48. The van der Waals surface area contributed by atoms with E-state index in [9.17, 15) is 0 Å². The molecule has 0 saturated carbocycles. The van der Waals surface area contributed by atoms with Gasteiger partial charge in [-0.3, -0.25) is 4.68 Å². The maximum atomic E-state index is 5.67. The summed E-state index contributed by atoms with van der Waals surface area (Å²) < 4.78 is 2.86. The van der Waals surface area contributed by atoms with Crippen molar-refractivity contribution in [1.29, 1.82) is 0 Å². The number of nitrogens with zero attached hydrogens (tertiary/aromatic N) is 2. The zero-order chi connectivity index (χ0) is 10.8. The average Bonchev–Trinajstić information content (AvgIpc) is 2.61. The Balaban J connectivity index is 2.48. The Labute approximate surface area is 97.0 Å². The number of hydrogen-bond acceptors (Lipinski definition) is 2. The highest BCUT2D eigenvalue weighted by Crippen LogP contribution is 2.23. The largest absolute Gasteiger partial charge is 0.326 e. The monoisotopic (exact) mass is 265 g/mol. The summed E-state index contributed by atoms with van der Waals surface area (Å²) in [5.41, 5.74) is 8.80. The van der Waals surface area contributed by atoms with E-state index in [1.54, 1.807) is 4.68 Å². The predicted molar refractivity (Wildman–Crippen MR) is 64.2 cm³/mol. The third-order valence-corrected chi connectivity index (χ3v) is 2.77. The Hall–Kier alpha value is -1.13. The summed E-state index contributed by atoms with van der Waals surface area (Å²) in [5, 5.41) is 4.40. The minimum Gasteiger partial charge on any atom is -0.326 e. The van der Waals surface area contributed by atoms with Crippen LogP contribution in [0.4, 0.5) is 0 Å². The molecule has 0 bridgehead atoms. The molecule has 0 aliphatic carbocycles. The molecule has 2 N–H and O–H groups in total. The molecular weight excluding hydrogens is 254 g/mol. The number of benzene rings is 1. The van der Waals surface area contributed by atoms with Crippen molar-refractivity contribution in [3.05, 3.63) is 40.5 Å². The molecular formula is C11H12BrN3. The molecule has 15 heavy (non-hydrogen) atoms. The second-order valence-corrected chi connectivity index (χ2v) is 4.30. The van der Waals surface area contributed by atoms with E-state index < -0.39 is 0 Å². The summed E-state index contributed by atoms with van der Waals surface area (Å²) in [6, 6.07) is 8.08. The normalized spacial score (nSPS) is 10.6. The fourth-order valence-corrected chi connectivity index (χ4v) is 1.80. The molecule has 0 spiro atoms. The molecule has 0 amide bonds. The maximum absolute atomic E-state index is 5.67. The summed E-state index contributed by atoms with van der Waals surface area (Å²) in [6.45, 7) is 0.513. The summed E-state index contributed by atoms with van der Waals surface area (Å²) in [5.74, 6) is 0. The zero-order valence-electron chi connectivity index (χ0n) is 8.44. The highest BCUT2D eigenvalue weighted by Gasteiger charge is 2.07. The first-order valence-electron chi connectivity index (χ1n) is 4.69. The topological polar surface area (TPSA) is 43.8 Å². The first kappa shape index (κ1) is 10.4. The molecule has 78 valence electrons. The maximum Gasteiger partial charge on any atom is 0.0967 e. The predicted octanol–water partition coefficient (Wildman–Crippen LogP) is 2.31. The number of nitrogens with two attached hydrogens (primary N) is 1. The van der Waals surface area contributed by atoms with Crippen LogP contribution in [0.1, 0.15) is 5.56 Å². The van der Waals surface area contributed by atoms with Crippen molar-refractivity contribution in [2.75, 3.05) is 0 Å². The Morgan fingerprint density at radius 2 is 2.00 bits per heavy atom. The van der Waals surface area contributed by atoms with Crippen LogP contribution in [0.25, 0.3) is 11.3 Å². The standard InChI is InChI=1S/C11H12BrN3/c1-15-7-9(6-13)11(14-15)8-2-4-10(12)5-3-8/h2-5,7H,6,13H2,1H3. The van der Waals surface area contributed by atoms with Gasteiger partial charge in [0.05, 0.1) is 5.69 Å². The van der Waals surface area contributed by atoms with Crippen LogP contribution >= 0.6 is 15.9 Å². The van der Waals surface area contributed by atoms with E-state index >= 15 is 0 Å². The summed E-state index contributed by atoms with van der Waals surface area (Å²) in [6.07, 6.45) is 1.96. The van der Waals surface area contributed by atoms with Gasteiger partial charge >= 0.3 is 0 Å². The molecule has 0 aliphatic heterocycles. The van der Waals surface area contributed by atoms with Gasteiger partial charge in [0, 0.05) is 35.4 Å². The fraction of sp³-hybridized carbons (Fsp3) is 0.182. The molecule has 0 radical (unpaired) electrons. The molecule has 0 fully saturated rings. The van der Waals surface area contributed by atoms with Crippen molar-refractivity contribution >= 4 is 15.9 Å². The number of halogens is 1. The zero-order valence-corrected chi connectivity index (χ0v) is 10.0. The first-order chi connectivity index (χ1) is 7.20. The lowest BCUT2D eigenvalue weighted by molar-refractivity contribution is 0.769. The van der Waals surface area contributed by atoms with Crippen LogP contribution in [0.3, 0.4) is 0 Å². The van der Waals surface area contributed by atoms with E-state index in [2.05, 4.69) is 21.0 Å².